The van der Waals surface area contributed by atoms with Crippen LogP contribution in [0.3, 0.4) is 0 Å². The summed E-state index contributed by atoms with van der Waals surface area (Å²) in [7, 11) is -3.15. The fourth-order valence-corrected chi connectivity index (χ4v) is 3.21. The summed E-state index contributed by atoms with van der Waals surface area (Å²) >= 11 is 0. The van der Waals surface area contributed by atoms with E-state index in [1.807, 2.05) is 0 Å². The number of rotatable bonds is 6. The van der Waals surface area contributed by atoms with Crippen LogP contribution in [-0.4, -0.2) is 44.5 Å². The van der Waals surface area contributed by atoms with E-state index in [0.717, 1.165) is 32.4 Å². The third kappa shape index (κ3) is 5.79. The predicted molar refractivity (Wildman–Crippen MR) is 81.4 cm³/mol. The summed E-state index contributed by atoms with van der Waals surface area (Å²) in [5, 5.41) is 6.02. The Morgan fingerprint density at radius 1 is 1.25 bits per heavy atom. The molecule has 0 aromatic heterocycles. The number of sulfone groups is 1. The van der Waals surface area contributed by atoms with Crippen molar-refractivity contribution in [3.8, 4) is 0 Å². The van der Waals surface area contributed by atoms with E-state index >= 15 is 0 Å². The first-order valence-corrected chi connectivity index (χ1v) is 9.07. The van der Waals surface area contributed by atoms with Crippen molar-refractivity contribution in [1.29, 1.82) is 0 Å². The largest absolute Gasteiger partial charge is 0.355 e. The number of hydrogen-bond donors (Lipinski definition) is 2. The van der Waals surface area contributed by atoms with Crippen molar-refractivity contribution in [3.05, 3.63) is 0 Å². The zero-order chi connectivity index (χ0) is 15.2. The number of hydrogen-bond acceptors (Lipinski definition) is 4. The molecular formula is C14H28N2O3S. The van der Waals surface area contributed by atoms with Gasteiger partial charge < -0.3 is 10.6 Å². The highest BCUT2D eigenvalue weighted by atomic mass is 32.2. The lowest BCUT2D eigenvalue weighted by Gasteiger charge is -2.22. The highest BCUT2D eigenvalue weighted by Gasteiger charge is 2.28. The van der Waals surface area contributed by atoms with Crippen LogP contribution in [0.5, 0.6) is 0 Å². The number of piperidine rings is 1. The molecule has 1 rings (SSSR count). The maximum atomic E-state index is 11.9. The van der Waals surface area contributed by atoms with Crippen LogP contribution in [0.2, 0.25) is 0 Å². The molecule has 0 unspecified atom stereocenters. The standard InChI is InChI=1S/C14H28N2O3S/c1-14(2,3)20(18,19)11-10-16-13(17)5-4-12-6-8-15-9-7-12/h12,15H,4-11H2,1-3H3,(H,16,17). The molecule has 1 aliphatic heterocycles. The number of nitrogens with one attached hydrogen (secondary N) is 2. The second-order valence-electron chi connectivity index (χ2n) is 6.51. The molecule has 2 N–H and O–H groups in total. The lowest BCUT2D eigenvalue weighted by atomic mass is 9.93. The van der Waals surface area contributed by atoms with Gasteiger partial charge in [-0.05, 0) is 59.0 Å². The van der Waals surface area contributed by atoms with Gasteiger partial charge in [0.2, 0.25) is 5.91 Å². The number of carbonyl (C=O) groups is 1. The SMILES string of the molecule is CC(C)(C)S(=O)(=O)CCNC(=O)CCC1CCNCC1. The van der Waals surface area contributed by atoms with Crippen molar-refractivity contribution in [3.63, 3.8) is 0 Å². The highest BCUT2D eigenvalue weighted by molar-refractivity contribution is 7.92. The highest BCUT2D eigenvalue weighted by Crippen LogP contribution is 2.17. The summed E-state index contributed by atoms with van der Waals surface area (Å²) in [6, 6.07) is 0. The Morgan fingerprint density at radius 2 is 1.85 bits per heavy atom. The van der Waals surface area contributed by atoms with Crippen LogP contribution in [0.4, 0.5) is 0 Å². The van der Waals surface area contributed by atoms with Crippen molar-refractivity contribution in [1.82, 2.24) is 10.6 Å². The van der Waals surface area contributed by atoms with Crippen LogP contribution in [0.25, 0.3) is 0 Å². The molecule has 0 saturated carbocycles. The summed E-state index contributed by atoms with van der Waals surface area (Å²) < 4.78 is 23.0. The van der Waals surface area contributed by atoms with Crippen LogP contribution >= 0.6 is 0 Å². The molecule has 0 radical (unpaired) electrons. The van der Waals surface area contributed by atoms with Gasteiger partial charge in [-0.3, -0.25) is 4.79 Å². The first kappa shape index (κ1) is 17.4. The number of carbonyl (C=O) groups excluding carboxylic acids is 1. The molecule has 0 spiro atoms. The van der Waals surface area contributed by atoms with Gasteiger partial charge in [0, 0.05) is 13.0 Å². The lowest BCUT2D eigenvalue weighted by Crippen LogP contribution is -2.36. The molecule has 118 valence electrons. The Morgan fingerprint density at radius 3 is 2.40 bits per heavy atom. The topological polar surface area (TPSA) is 75.3 Å². The zero-order valence-corrected chi connectivity index (χ0v) is 13.7. The van der Waals surface area contributed by atoms with Crippen LogP contribution in [0, 0.1) is 5.92 Å². The fraction of sp³-hybridized carbons (Fsp3) is 0.929. The Kier molecular flexibility index (Phi) is 6.45. The first-order chi connectivity index (χ1) is 9.22. The summed E-state index contributed by atoms with van der Waals surface area (Å²) in [5.74, 6) is 0.600. The predicted octanol–water partition coefficient (Wildman–Crippen LogP) is 1.10. The van der Waals surface area contributed by atoms with Gasteiger partial charge in [0.25, 0.3) is 0 Å². The van der Waals surface area contributed by atoms with Gasteiger partial charge in [-0.15, -0.1) is 0 Å². The van der Waals surface area contributed by atoms with E-state index in [1.165, 1.54) is 0 Å². The molecule has 5 nitrogen and oxygen atoms in total. The Labute approximate surface area is 122 Å². The van der Waals surface area contributed by atoms with E-state index in [0.29, 0.717) is 12.3 Å². The van der Waals surface area contributed by atoms with Crippen LogP contribution < -0.4 is 10.6 Å². The lowest BCUT2D eigenvalue weighted by molar-refractivity contribution is -0.121. The Bertz CT molecular complexity index is 407. The van der Waals surface area contributed by atoms with Crippen LogP contribution in [0.15, 0.2) is 0 Å². The van der Waals surface area contributed by atoms with Gasteiger partial charge in [0.1, 0.15) is 0 Å². The van der Waals surface area contributed by atoms with Crippen LogP contribution in [0.1, 0.15) is 46.5 Å². The van der Waals surface area contributed by atoms with Crippen molar-refractivity contribution in [2.75, 3.05) is 25.4 Å². The molecule has 20 heavy (non-hydrogen) atoms. The van der Waals surface area contributed by atoms with Gasteiger partial charge in [0.15, 0.2) is 9.84 Å². The summed E-state index contributed by atoms with van der Waals surface area (Å²) in [6.07, 6.45) is 3.66. The van der Waals surface area contributed by atoms with E-state index in [2.05, 4.69) is 10.6 Å². The minimum Gasteiger partial charge on any atom is -0.355 e. The molecule has 0 bridgehead atoms. The summed E-state index contributed by atoms with van der Waals surface area (Å²) in [5.41, 5.74) is 0. The van der Waals surface area contributed by atoms with Gasteiger partial charge in [0.05, 0.1) is 10.5 Å². The van der Waals surface area contributed by atoms with E-state index in [1.54, 1.807) is 20.8 Å². The number of amides is 1. The first-order valence-electron chi connectivity index (χ1n) is 7.42. The average Bonchev–Trinajstić information content (AvgIpc) is 2.36. The maximum Gasteiger partial charge on any atom is 0.220 e. The van der Waals surface area contributed by atoms with E-state index in [9.17, 15) is 13.2 Å². The van der Waals surface area contributed by atoms with Crippen molar-refractivity contribution in [2.45, 2.75) is 51.2 Å². The molecule has 1 fully saturated rings. The summed E-state index contributed by atoms with van der Waals surface area (Å²) in [4.78, 5) is 11.7. The van der Waals surface area contributed by atoms with Gasteiger partial charge in [-0.1, -0.05) is 0 Å². The molecule has 0 atom stereocenters. The Balaban J connectivity index is 2.20. The minimum absolute atomic E-state index is 0.00951. The molecule has 0 aromatic rings. The van der Waals surface area contributed by atoms with Gasteiger partial charge in [-0.2, -0.15) is 0 Å². The molecular weight excluding hydrogens is 276 g/mol. The van der Waals surface area contributed by atoms with Crippen molar-refractivity contribution >= 4 is 15.7 Å². The molecule has 1 amide bonds. The van der Waals surface area contributed by atoms with E-state index < -0.39 is 14.6 Å². The summed E-state index contributed by atoms with van der Waals surface area (Å²) in [6.45, 7) is 7.33. The van der Waals surface area contributed by atoms with E-state index in [-0.39, 0.29) is 18.2 Å². The molecule has 6 heteroatoms. The molecule has 0 aliphatic carbocycles. The van der Waals surface area contributed by atoms with Crippen LogP contribution in [-0.2, 0) is 14.6 Å². The molecule has 1 heterocycles. The van der Waals surface area contributed by atoms with Crippen molar-refractivity contribution < 1.29 is 13.2 Å². The second-order valence-corrected chi connectivity index (χ2v) is 9.38. The average molecular weight is 304 g/mol. The smallest absolute Gasteiger partial charge is 0.220 e. The third-order valence-corrected chi connectivity index (χ3v) is 6.47. The van der Waals surface area contributed by atoms with Gasteiger partial charge >= 0.3 is 0 Å². The monoisotopic (exact) mass is 304 g/mol. The van der Waals surface area contributed by atoms with Crippen molar-refractivity contribution in [2.24, 2.45) is 5.92 Å². The minimum atomic E-state index is -3.15. The molecule has 1 aliphatic rings. The zero-order valence-electron chi connectivity index (χ0n) is 12.9. The van der Waals surface area contributed by atoms with Gasteiger partial charge in [-0.25, -0.2) is 8.42 Å². The van der Waals surface area contributed by atoms with E-state index in [4.69, 9.17) is 0 Å². The molecule has 1 saturated heterocycles. The normalized spacial score (nSPS) is 17.9. The Hall–Kier alpha value is -0.620. The maximum absolute atomic E-state index is 11.9. The quantitative estimate of drug-likeness (QED) is 0.770. The fourth-order valence-electron chi connectivity index (χ4n) is 2.22. The third-order valence-electron chi connectivity index (χ3n) is 3.86. The molecule has 0 aromatic carbocycles. The second kappa shape index (κ2) is 7.41.